The second-order valence-electron chi connectivity index (χ2n) is 6.48. The molecule has 5 heteroatoms. The van der Waals surface area contributed by atoms with E-state index in [9.17, 15) is 14.7 Å². The number of aliphatic hydroxyl groups is 1. The van der Waals surface area contributed by atoms with Crippen LogP contribution in [0.4, 0.5) is 0 Å². The normalized spacial score (nSPS) is 23.7. The van der Waals surface area contributed by atoms with Gasteiger partial charge in [-0.1, -0.05) is 13.8 Å². The predicted molar refractivity (Wildman–Crippen MR) is 85.4 cm³/mol. The summed E-state index contributed by atoms with van der Waals surface area (Å²) in [5.41, 5.74) is 0.200. The van der Waals surface area contributed by atoms with Gasteiger partial charge in [-0.05, 0) is 42.8 Å². The van der Waals surface area contributed by atoms with Gasteiger partial charge in [-0.2, -0.15) is 0 Å². The number of rotatable bonds is 3. The maximum absolute atomic E-state index is 12.3. The molecule has 2 unspecified atom stereocenters. The number of carbonyl (C=O) groups excluding carboxylic acids is 2. The van der Waals surface area contributed by atoms with Gasteiger partial charge in [0.2, 0.25) is 0 Å². The maximum atomic E-state index is 12.3. The fraction of sp³-hybridized carbons (Fsp3) is 0.444. The molecule has 0 aliphatic heterocycles. The van der Waals surface area contributed by atoms with Gasteiger partial charge in [-0.15, -0.1) is 0 Å². The molecule has 0 spiro atoms. The molecule has 124 valence electrons. The van der Waals surface area contributed by atoms with E-state index in [1.54, 1.807) is 38.3 Å². The van der Waals surface area contributed by atoms with E-state index in [0.29, 0.717) is 16.9 Å². The minimum absolute atomic E-state index is 0.0444. The summed E-state index contributed by atoms with van der Waals surface area (Å²) in [6.07, 6.45) is -0.132. The van der Waals surface area contributed by atoms with Gasteiger partial charge < -0.3 is 14.6 Å². The summed E-state index contributed by atoms with van der Waals surface area (Å²) >= 11 is 0. The molecule has 1 aromatic carbocycles. The summed E-state index contributed by atoms with van der Waals surface area (Å²) in [6, 6.07) is 6.53. The van der Waals surface area contributed by atoms with Crippen LogP contribution in [0.25, 0.3) is 0 Å². The lowest BCUT2D eigenvalue weighted by atomic mass is 9.80. The van der Waals surface area contributed by atoms with Gasteiger partial charge in [0.25, 0.3) is 0 Å². The lowest BCUT2D eigenvalue weighted by Gasteiger charge is -2.33. The van der Waals surface area contributed by atoms with E-state index in [1.165, 1.54) is 6.08 Å². The van der Waals surface area contributed by atoms with Crippen molar-refractivity contribution in [2.75, 3.05) is 7.11 Å². The Hall–Kier alpha value is -2.14. The first-order valence-electron chi connectivity index (χ1n) is 7.49. The van der Waals surface area contributed by atoms with Crippen molar-refractivity contribution in [1.82, 2.24) is 0 Å². The summed E-state index contributed by atoms with van der Waals surface area (Å²) in [5, 5.41) is 10.3. The maximum Gasteiger partial charge on any atom is 0.338 e. The molecule has 5 nitrogen and oxygen atoms in total. The fourth-order valence-corrected chi connectivity index (χ4v) is 2.69. The van der Waals surface area contributed by atoms with Crippen LogP contribution in [-0.2, 0) is 9.53 Å². The minimum atomic E-state index is -1.02. The summed E-state index contributed by atoms with van der Waals surface area (Å²) in [7, 11) is 1.55. The molecule has 0 saturated heterocycles. The molecule has 0 amide bonds. The summed E-state index contributed by atoms with van der Waals surface area (Å²) < 4.78 is 10.6. The number of methoxy groups -OCH3 is 1. The minimum Gasteiger partial charge on any atom is -0.497 e. The Kier molecular flexibility index (Phi) is 4.90. The molecule has 1 aromatic rings. The van der Waals surface area contributed by atoms with Crippen molar-refractivity contribution in [2.45, 2.75) is 39.4 Å². The van der Waals surface area contributed by atoms with Gasteiger partial charge in [0.15, 0.2) is 5.78 Å². The summed E-state index contributed by atoms with van der Waals surface area (Å²) in [4.78, 5) is 24.4. The standard InChI is InChI=1S/C18H22O5/c1-11-9-14(19)16(18(2,3)10-15(11)20)23-17(21)12-5-7-13(22-4)8-6-12/h5-9,14,16,19H,10H2,1-4H3. The highest BCUT2D eigenvalue weighted by molar-refractivity contribution is 5.96. The number of ether oxygens (including phenoxy) is 2. The molecule has 0 bridgehead atoms. The van der Waals surface area contributed by atoms with Gasteiger partial charge in [0, 0.05) is 11.8 Å². The summed E-state index contributed by atoms with van der Waals surface area (Å²) in [6.45, 7) is 5.29. The molecule has 0 saturated carbocycles. The Morgan fingerprint density at radius 3 is 2.43 bits per heavy atom. The number of ketones is 1. The second kappa shape index (κ2) is 6.54. The first-order valence-corrected chi connectivity index (χ1v) is 7.49. The molecule has 2 rings (SSSR count). The van der Waals surface area contributed by atoms with Crippen molar-refractivity contribution in [1.29, 1.82) is 0 Å². The monoisotopic (exact) mass is 318 g/mol. The van der Waals surface area contributed by atoms with E-state index in [0.717, 1.165) is 0 Å². The second-order valence-corrected chi connectivity index (χ2v) is 6.48. The number of Topliss-reactive ketones (excluding diaryl/α,β-unsaturated/α-hetero) is 1. The summed E-state index contributed by atoms with van der Waals surface area (Å²) in [5.74, 6) is 0.0581. The quantitative estimate of drug-likeness (QED) is 0.867. The van der Waals surface area contributed by atoms with Crippen molar-refractivity contribution in [2.24, 2.45) is 5.41 Å². The Balaban J connectivity index is 2.21. The van der Waals surface area contributed by atoms with E-state index in [1.807, 2.05) is 13.8 Å². The van der Waals surface area contributed by atoms with E-state index < -0.39 is 23.6 Å². The highest BCUT2D eigenvalue weighted by Gasteiger charge is 2.41. The molecule has 1 N–H and O–H groups in total. The third-order valence-corrected chi connectivity index (χ3v) is 4.12. The topological polar surface area (TPSA) is 72.8 Å². The third kappa shape index (κ3) is 3.79. The van der Waals surface area contributed by atoms with Crippen molar-refractivity contribution in [3.63, 3.8) is 0 Å². The van der Waals surface area contributed by atoms with Crippen LogP contribution < -0.4 is 4.74 Å². The van der Waals surface area contributed by atoms with Crippen LogP contribution in [0.1, 0.15) is 37.6 Å². The fourth-order valence-electron chi connectivity index (χ4n) is 2.69. The van der Waals surface area contributed by atoms with Gasteiger partial charge in [0.05, 0.1) is 12.7 Å². The van der Waals surface area contributed by atoms with Crippen LogP contribution in [0.5, 0.6) is 5.75 Å². The molecule has 1 aliphatic carbocycles. The lowest BCUT2D eigenvalue weighted by Crippen LogP contribution is -2.42. The van der Waals surface area contributed by atoms with Crippen LogP contribution in [0, 0.1) is 5.41 Å². The molecule has 0 fully saturated rings. The first-order chi connectivity index (χ1) is 10.7. The molecule has 1 aliphatic rings. The molecule has 0 heterocycles. The highest BCUT2D eigenvalue weighted by Crippen LogP contribution is 2.35. The van der Waals surface area contributed by atoms with Crippen LogP contribution in [0.2, 0.25) is 0 Å². The first kappa shape index (κ1) is 17.2. The Bertz CT molecular complexity index is 627. The van der Waals surface area contributed by atoms with E-state index in [4.69, 9.17) is 9.47 Å². The zero-order valence-electron chi connectivity index (χ0n) is 13.8. The van der Waals surface area contributed by atoms with Crippen LogP contribution in [0.3, 0.4) is 0 Å². The number of carbonyl (C=O) groups is 2. The Labute approximate surface area is 135 Å². The van der Waals surface area contributed by atoms with Crippen LogP contribution in [0.15, 0.2) is 35.9 Å². The molecule has 0 radical (unpaired) electrons. The van der Waals surface area contributed by atoms with Gasteiger partial charge >= 0.3 is 5.97 Å². The average Bonchev–Trinajstić information content (AvgIpc) is 2.57. The Morgan fingerprint density at radius 1 is 1.26 bits per heavy atom. The van der Waals surface area contributed by atoms with E-state index in [2.05, 4.69) is 0 Å². The van der Waals surface area contributed by atoms with Crippen LogP contribution >= 0.6 is 0 Å². The number of hydrogen-bond donors (Lipinski definition) is 1. The lowest BCUT2D eigenvalue weighted by molar-refractivity contribution is -0.119. The van der Waals surface area contributed by atoms with Gasteiger partial charge in [-0.3, -0.25) is 4.79 Å². The number of hydrogen-bond acceptors (Lipinski definition) is 5. The zero-order chi connectivity index (χ0) is 17.2. The van der Waals surface area contributed by atoms with Crippen molar-refractivity contribution in [3.8, 4) is 5.75 Å². The largest absolute Gasteiger partial charge is 0.497 e. The van der Waals surface area contributed by atoms with Crippen LogP contribution in [-0.4, -0.2) is 36.2 Å². The van der Waals surface area contributed by atoms with Gasteiger partial charge in [-0.25, -0.2) is 4.79 Å². The SMILES string of the molecule is COc1ccc(C(=O)OC2C(O)C=C(C)C(=O)CC2(C)C)cc1. The molecule has 23 heavy (non-hydrogen) atoms. The highest BCUT2D eigenvalue weighted by atomic mass is 16.6. The molecule has 2 atom stereocenters. The van der Waals surface area contributed by atoms with E-state index >= 15 is 0 Å². The van der Waals surface area contributed by atoms with E-state index in [-0.39, 0.29) is 12.2 Å². The number of esters is 1. The zero-order valence-corrected chi connectivity index (χ0v) is 13.8. The molecular formula is C18H22O5. The Morgan fingerprint density at radius 2 is 1.87 bits per heavy atom. The number of aliphatic hydroxyl groups excluding tert-OH is 1. The molecular weight excluding hydrogens is 296 g/mol. The smallest absolute Gasteiger partial charge is 0.338 e. The van der Waals surface area contributed by atoms with Crippen molar-refractivity contribution in [3.05, 3.63) is 41.5 Å². The van der Waals surface area contributed by atoms with Crippen molar-refractivity contribution >= 4 is 11.8 Å². The number of benzene rings is 1. The average molecular weight is 318 g/mol. The molecule has 0 aromatic heterocycles. The predicted octanol–water partition coefficient (Wildman–Crippen LogP) is 2.53. The number of allylic oxidation sites excluding steroid dienone is 1. The van der Waals surface area contributed by atoms with Crippen molar-refractivity contribution < 1.29 is 24.2 Å². The third-order valence-electron chi connectivity index (χ3n) is 4.12. The van der Waals surface area contributed by atoms with Gasteiger partial charge in [0.1, 0.15) is 18.0 Å².